The first kappa shape index (κ1) is 15.3. The van der Waals surface area contributed by atoms with Crippen molar-refractivity contribution in [3.05, 3.63) is 34.1 Å². The summed E-state index contributed by atoms with van der Waals surface area (Å²) in [7, 11) is 0. The fraction of sp³-hybridized carbons (Fsp3) is 0.462. The fourth-order valence-electron chi connectivity index (χ4n) is 2.26. The van der Waals surface area contributed by atoms with Crippen molar-refractivity contribution in [1.29, 1.82) is 0 Å². The van der Waals surface area contributed by atoms with Gasteiger partial charge in [0.1, 0.15) is 11.5 Å². The first-order chi connectivity index (χ1) is 10.0. The summed E-state index contributed by atoms with van der Waals surface area (Å²) in [5.74, 6) is -1.54. The zero-order valence-electron chi connectivity index (χ0n) is 11.5. The number of nitrogens with one attached hydrogen (secondary N) is 2. The number of likely N-dealkylation sites (N-methyl/N-ethyl adjacent to an activating group) is 1. The summed E-state index contributed by atoms with van der Waals surface area (Å²) >= 11 is 0. The second kappa shape index (κ2) is 6.59. The Bertz CT molecular complexity index is 552. The molecular weight excluding hydrogens is 281 g/mol. The van der Waals surface area contributed by atoms with Gasteiger partial charge >= 0.3 is 0 Å². The Morgan fingerprint density at radius 3 is 2.95 bits per heavy atom. The minimum Gasteiger partial charge on any atom is -0.379 e. The minimum absolute atomic E-state index is 0.0199. The Balaban J connectivity index is 2.14. The molecular formula is C13H16FN3O4. The van der Waals surface area contributed by atoms with Crippen molar-refractivity contribution in [1.82, 2.24) is 5.32 Å². The van der Waals surface area contributed by atoms with Gasteiger partial charge in [-0.05, 0) is 18.7 Å². The first-order valence-electron chi connectivity index (χ1n) is 6.59. The lowest BCUT2D eigenvalue weighted by molar-refractivity contribution is -0.384. The third kappa shape index (κ3) is 3.53. The van der Waals surface area contributed by atoms with Crippen LogP contribution in [0.3, 0.4) is 0 Å². The third-order valence-corrected chi connectivity index (χ3v) is 3.30. The summed E-state index contributed by atoms with van der Waals surface area (Å²) < 4.78 is 18.3. The number of carbonyl (C=O) groups is 1. The highest BCUT2D eigenvalue weighted by molar-refractivity contribution is 5.95. The Morgan fingerprint density at radius 1 is 1.52 bits per heavy atom. The van der Waals surface area contributed by atoms with Crippen molar-refractivity contribution >= 4 is 17.3 Å². The number of rotatable bonds is 5. The van der Waals surface area contributed by atoms with Crippen LogP contribution < -0.4 is 10.6 Å². The molecule has 8 heteroatoms. The van der Waals surface area contributed by atoms with E-state index in [-0.39, 0.29) is 24.2 Å². The van der Waals surface area contributed by atoms with Crippen molar-refractivity contribution in [3.63, 3.8) is 0 Å². The number of nitro groups is 1. The molecule has 114 valence electrons. The SMILES string of the molecule is CCNC1COCC1C(=O)Nc1ccc(F)cc1[N+](=O)[O-]. The van der Waals surface area contributed by atoms with Gasteiger partial charge in [0.05, 0.1) is 30.1 Å². The molecule has 2 N–H and O–H groups in total. The van der Waals surface area contributed by atoms with Crippen LogP contribution in [-0.2, 0) is 9.53 Å². The van der Waals surface area contributed by atoms with E-state index in [1.54, 1.807) is 0 Å². The molecule has 0 radical (unpaired) electrons. The molecule has 2 rings (SSSR count). The van der Waals surface area contributed by atoms with E-state index >= 15 is 0 Å². The Hall–Kier alpha value is -2.06. The highest BCUT2D eigenvalue weighted by atomic mass is 19.1. The van der Waals surface area contributed by atoms with E-state index < -0.39 is 22.3 Å². The number of hydrogen-bond donors (Lipinski definition) is 2. The van der Waals surface area contributed by atoms with E-state index in [1.165, 1.54) is 6.07 Å². The van der Waals surface area contributed by atoms with Crippen LogP contribution in [0.1, 0.15) is 6.92 Å². The smallest absolute Gasteiger partial charge is 0.295 e. The monoisotopic (exact) mass is 297 g/mol. The second-order valence-electron chi connectivity index (χ2n) is 4.72. The lowest BCUT2D eigenvalue weighted by atomic mass is 10.0. The van der Waals surface area contributed by atoms with Gasteiger partial charge in [-0.15, -0.1) is 0 Å². The molecule has 1 heterocycles. The molecule has 1 aromatic carbocycles. The molecule has 1 aliphatic heterocycles. The summed E-state index contributed by atoms with van der Waals surface area (Å²) in [6.45, 7) is 3.27. The molecule has 0 saturated carbocycles. The molecule has 1 aliphatic rings. The third-order valence-electron chi connectivity index (χ3n) is 3.30. The molecule has 0 aromatic heterocycles. The lowest BCUT2D eigenvalue weighted by Crippen LogP contribution is -2.41. The van der Waals surface area contributed by atoms with Gasteiger partial charge in [-0.1, -0.05) is 6.92 Å². The molecule has 7 nitrogen and oxygen atoms in total. The highest BCUT2D eigenvalue weighted by Gasteiger charge is 2.34. The summed E-state index contributed by atoms with van der Waals surface area (Å²) in [6.07, 6.45) is 0. The summed E-state index contributed by atoms with van der Waals surface area (Å²) in [6, 6.07) is 2.90. The van der Waals surface area contributed by atoms with Crippen molar-refractivity contribution in [2.24, 2.45) is 5.92 Å². The van der Waals surface area contributed by atoms with E-state index in [1.807, 2.05) is 6.92 Å². The van der Waals surface area contributed by atoms with Crippen LogP contribution in [0.4, 0.5) is 15.8 Å². The van der Waals surface area contributed by atoms with Crippen molar-refractivity contribution in [2.75, 3.05) is 25.1 Å². The fourth-order valence-corrected chi connectivity index (χ4v) is 2.26. The van der Waals surface area contributed by atoms with Gasteiger partial charge < -0.3 is 15.4 Å². The number of nitro benzene ring substituents is 1. The molecule has 2 atom stereocenters. The van der Waals surface area contributed by atoms with Crippen LogP contribution in [0.25, 0.3) is 0 Å². The molecule has 0 aliphatic carbocycles. The van der Waals surface area contributed by atoms with E-state index in [2.05, 4.69) is 10.6 Å². The number of ether oxygens (including phenoxy) is 1. The Labute approximate surface area is 120 Å². The van der Waals surface area contributed by atoms with Gasteiger partial charge in [-0.3, -0.25) is 14.9 Å². The zero-order valence-corrected chi connectivity index (χ0v) is 11.5. The topological polar surface area (TPSA) is 93.5 Å². The minimum atomic E-state index is -0.731. The van der Waals surface area contributed by atoms with E-state index in [9.17, 15) is 19.3 Å². The van der Waals surface area contributed by atoms with E-state index in [4.69, 9.17) is 4.74 Å². The van der Waals surface area contributed by atoms with Crippen LogP contribution in [0.15, 0.2) is 18.2 Å². The normalized spacial score (nSPS) is 21.2. The molecule has 1 aromatic rings. The second-order valence-corrected chi connectivity index (χ2v) is 4.72. The summed E-state index contributed by atoms with van der Waals surface area (Å²) in [5, 5.41) is 16.5. The molecule has 1 saturated heterocycles. The van der Waals surface area contributed by atoms with Crippen LogP contribution in [0.2, 0.25) is 0 Å². The predicted molar refractivity (Wildman–Crippen MR) is 73.5 cm³/mol. The number of carbonyl (C=O) groups excluding carboxylic acids is 1. The average Bonchev–Trinajstić information content (AvgIpc) is 2.89. The van der Waals surface area contributed by atoms with Gasteiger partial charge in [0.15, 0.2) is 0 Å². The lowest BCUT2D eigenvalue weighted by Gasteiger charge is -2.17. The Kier molecular flexibility index (Phi) is 4.81. The Morgan fingerprint density at radius 2 is 2.29 bits per heavy atom. The van der Waals surface area contributed by atoms with Gasteiger partial charge in [0, 0.05) is 6.04 Å². The number of nitrogens with zero attached hydrogens (tertiary/aromatic N) is 1. The van der Waals surface area contributed by atoms with Crippen LogP contribution in [0, 0.1) is 21.8 Å². The van der Waals surface area contributed by atoms with Crippen molar-refractivity contribution in [3.8, 4) is 0 Å². The van der Waals surface area contributed by atoms with Gasteiger partial charge in [-0.2, -0.15) is 0 Å². The maximum atomic E-state index is 13.1. The van der Waals surface area contributed by atoms with Gasteiger partial charge in [0.25, 0.3) is 5.69 Å². The molecule has 0 spiro atoms. The summed E-state index contributed by atoms with van der Waals surface area (Å²) in [5.41, 5.74) is -0.490. The standard InChI is InChI=1S/C13H16FN3O4/c1-2-15-11-7-21-6-9(11)13(18)16-10-4-3-8(14)5-12(10)17(19)20/h3-5,9,11,15H,2,6-7H2,1H3,(H,16,18). The number of hydrogen-bond acceptors (Lipinski definition) is 5. The predicted octanol–water partition coefficient (Wildman–Crippen LogP) is 1.30. The highest BCUT2D eigenvalue weighted by Crippen LogP contribution is 2.26. The largest absolute Gasteiger partial charge is 0.379 e. The molecule has 0 bridgehead atoms. The van der Waals surface area contributed by atoms with Crippen LogP contribution in [-0.4, -0.2) is 36.6 Å². The number of halogens is 1. The number of anilines is 1. The zero-order chi connectivity index (χ0) is 15.4. The van der Waals surface area contributed by atoms with Crippen LogP contribution in [0.5, 0.6) is 0 Å². The average molecular weight is 297 g/mol. The first-order valence-corrected chi connectivity index (χ1v) is 6.59. The molecule has 1 fully saturated rings. The number of benzene rings is 1. The summed E-state index contributed by atoms with van der Waals surface area (Å²) in [4.78, 5) is 22.4. The van der Waals surface area contributed by atoms with E-state index in [0.717, 1.165) is 12.1 Å². The van der Waals surface area contributed by atoms with Gasteiger partial charge in [0.2, 0.25) is 5.91 Å². The molecule has 2 unspecified atom stereocenters. The number of amides is 1. The van der Waals surface area contributed by atoms with Crippen molar-refractivity contribution in [2.45, 2.75) is 13.0 Å². The maximum absolute atomic E-state index is 13.1. The van der Waals surface area contributed by atoms with Gasteiger partial charge in [-0.25, -0.2) is 4.39 Å². The van der Waals surface area contributed by atoms with Crippen molar-refractivity contribution < 1.29 is 18.8 Å². The maximum Gasteiger partial charge on any atom is 0.295 e. The quantitative estimate of drug-likeness (QED) is 0.631. The molecule has 21 heavy (non-hydrogen) atoms. The molecule has 1 amide bonds. The van der Waals surface area contributed by atoms with Crippen LogP contribution >= 0.6 is 0 Å². The van der Waals surface area contributed by atoms with E-state index in [0.29, 0.717) is 13.2 Å².